The maximum atomic E-state index is 2.45. The molecule has 0 saturated carbocycles. The van der Waals surface area contributed by atoms with Crippen LogP contribution in [0.15, 0.2) is 127 Å². The molecule has 0 unspecified atom stereocenters. The van der Waals surface area contributed by atoms with E-state index in [-0.39, 0.29) is 0 Å². The van der Waals surface area contributed by atoms with Crippen LogP contribution in [-0.4, -0.2) is 0 Å². The summed E-state index contributed by atoms with van der Waals surface area (Å²) in [6.45, 7) is 2.24. The van der Waals surface area contributed by atoms with Gasteiger partial charge in [-0.25, -0.2) is 0 Å². The van der Waals surface area contributed by atoms with E-state index in [4.69, 9.17) is 0 Å². The Balaban J connectivity index is 1.45. The van der Waals surface area contributed by atoms with Crippen LogP contribution in [0.3, 0.4) is 0 Å². The molecule has 0 N–H and O–H groups in total. The van der Waals surface area contributed by atoms with Gasteiger partial charge in [-0.05, 0) is 101 Å². The maximum Gasteiger partial charge on any atom is -0.00199 e. The van der Waals surface area contributed by atoms with Crippen molar-refractivity contribution in [2.75, 3.05) is 0 Å². The van der Waals surface area contributed by atoms with E-state index >= 15 is 0 Å². The van der Waals surface area contributed by atoms with Gasteiger partial charge in [-0.2, -0.15) is 0 Å². The van der Waals surface area contributed by atoms with Crippen LogP contribution in [0.5, 0.6) is 0 Å². The molecule has 178 valence electrons. The quantitative estimate of drug-likeness (QED) is 0.220. The van der Waals surface area contributed by atoms with Crippen molar-refractivity contribution < 1.29 is 0 Å². The van der Waals surface area contributed by atoms with Gasteiger partial charge in [0.25, 0.3) is 0 Å². The molecule has 7 aromatic rings. The topological polar surface area (TPSA) is 0 Å². The zero-order valence-electron chi connectivity index (χ0n) is 21.3. The van der Waals surface area contributed by atoms with Crippen molar-refractivity contribution in [1.82, 2.24) is 0 Å². The molecule has 0 bridgehead atoms. The molecule has 38 heavy (non-hydrogen) atoms. The van der Waals surface area contributed by atoms with Gasteiger partial charge in [0.1, 0.15) is 0 Å². The molecule has 0 atom stereocenters. The summed E-state index contributed by atoms with van der Waals surface area (Å²) >= 11 is 0. The van der Waals surface area contributed by atoms with E-state index in [1.165, 1.54) is 82.4 Å². The van der Waals surface area contributed by atoms with Crippen LogP contribution < -0.4 is 0 Å². The Bertz CT molecular complexity index is 2030. The normalized spacial score (nSPS) is 11.9. The van der Waals surface area contributed by atoms with Crippen LogP contribution in [0.25, 0.3) is 76.8 Å². The van der Waals surface area contributed by atoms with Gasteiger partial charge in [0.2, 0.25) is 0 Å². The van der Waals surface area contributed by atoms with E-state index < -0.39 is 0 Å². The molecular weight excluding hydrogens is 456 g/mol. The lowest BCUT2D eigenvalue weighted by atomic mass is 9.88. The van der Waals surface area contributed by atoms with Crippen LogP contribution in [0.2, 0.25) is 0 Å². The molecule has 0 aliphatic heterocycles. The number of hydrogen-bond acceptors (Lipinski definition) is 0. The lowest BCUT2D eigenvalue weighted by Crippen LogP contribution is -1.89. The highest BCUT2D eigenvalue weighted by atomic mass is 14.3. The van der Waals surface area contributed by atoms with E-state index in [1.807, 2.05) is 0 Å². The minimum absolute atomic E-state index is 1.03. The summed E-state index contributed by atoms with van der Waals surface area (Å²) in [6.07, 6.45) is 1.03. The van der Waals surface area contributed by atoms with Crippen molar-refractivity contribution in [3.8, 4) is 44.5 Å². The highest BCUT2D eigenvalue weighted by Crippen LogP contribution is 2.50. The zero-order valence-corrected chi connectivity index (χ0v) is 21.3. The van der Waals surface area contributed by atoms with Gasteiger partial charge in [-0.1, -0.05) is 122 Å². The zero-order chi connectivity index (χ0) is 25.2. The van der Waals surface area contributed by atoms with Crippen molar-refractivity contribution in [2.24, 2.45) is 0 Å². The molecule has 1 aliphatic rings. The van der Waals surface area contributed by atoms with Crippen molar-refractivity contribution in [1.29, 1.82) is 0 Å². The van der Waals surface area contributed by atoms with E-state index in [1.54, 1.807) is 0 Å². The van der Waals surface area contributed by atoms with Crippen LogP contribution in [0, 0.1) is 0 Å². The second kappa shape index (κ2) is 8.16. The fourth-order valence-electron chi connectivity index (χ4n) is 6.48. The van der Waals surface area contributed by atoms with Gasteiger partial charge in [0.05, 0.1) is 0 Å². The molecule has 8 rings (SSSR count). The predicted molar refractivity (Wildman–Crippen MR) is 164 cm³/mol. The number of aryl methyl sites for hydroxylation is 1. The summed E-state index contributed by atoms with van der Waals surface area (Å²) in [5, 5.41) is 8.06. The van der Waals surface area contributed by atoms with Gasteiger partial charge in [0.15, 0.2) is 0 Å². The molecule has 0 amide bonds. The fourth-order valence-corrected chi connectivity index (χ4v) is 6.48. The summed E-state index contributed by atoms with van der Waals surface area (Å²) in [5.74, 6) is 0. The van der Waals surface area contributed by atoms with E-state index in [2.05, 4.69) is 134 Å². The predicted octanol–water partition coefficient (Wildman–Crippen LogP) is 10.7. The number of fused-ring (bicyclic) bond motifs is 7. The largest absolute Gasteiger partial charge is 0.0622 e. The molecule has 1 aliphatic carbocycles. The molecule has 0 heterocycles. The third-order valence-electron chi connectivity index (χ3n) is 8.37. The highest BCUT2D eigenvalue weighted by Gasteiger charge is 2.23. The first kappa shape index (κ1) is 21.4. The minimum Gasteiger partial charge on any atom is -0.0622 e. The Hall–Kier alpha value is -4.68. The third kappa shape index (κ3) is 3.04. The lowest BCUT2D eigenvalue weighted by molar-refractivity contribution is 1.15. The Morgan fingerprint density at radius 2 is 1.00 bits per heavy atom. The number of rotatable bonds is 3. The van der Waals surface area contributed by atoms with Crippen molar-refractivity contribution in [3.05, 3.63) is 133 Å². The first-order valence-electron chi connectivity index (χ1n) is 13.5. The number of benzene rings is 7. The van der Waals surface area contributed by atoms with Gasteiger partial charge in [0, 0.05) is 0 Å². The fraction of sp³-hybridized carbons (Fsp3) is 0.0526. The third-order valence-corrected chi connectivity index (χ3v) is 8.37. The summed E-state index contributed by atoms with van der Waals surface area (Å²) < 4.78 is 0. The molecule has 0 radical (unpaired) electrons. The minimum atomic E-state index is 1.03. The van der Waals surface area contributed by atoms with Crippen molar-refractivity contribution in [2.45, 2.75) is 13.3 Å². The SMILES string of the molecule is CCc1ccc2c(c1)c(-c1ccc(-c3ccccc3)cc1)cc1c3cccc4c3c(cc21)-c1ccccc1-4. The van der Waals surface area contributed by atoms with Crippen molar-refractivity contribution >= 4 is 32.3 Å². The van der Waals surface area contributed by atoms with Crippen LogP contribution in [0.4, 0.5) is 0 Å². The van der Waals surface area contributed by atoms with Crippen molar-refractivity contribution in [3.63, 3.8) is 0 Å². The molecule has 0 fully saturated rings. The second-order valence-corrected chi connectivity index (χ2v) is 10.4. The Morgan fingerprint density at radius 1 is 0.368 bits per heavy atom. The molecule has 0 nitrogen and oxygen atoms in total. The van der Waals surface area contributed by atoms with Gasteiger partial charge < -0.3 is 0 Å². The average Bonchev–Trinajstić information content (AvgIpc) is 3.32. The van der Waals surface area contributed by atoms with E-state index in [0.29, 0.717) is 0 Å². The van der Waals surface area contributed by atoms with E-state index in [0.717, 1.165) is 6.42 Å². The Labute approximate surface area is 222 Å². The van der Waals surface area contributed by atoms with Gasteiger partial charge >= 0.3 is 0 Å². The first-order valence-corrected chi connectivity index (χ1v) is 13.5. The standard InChI is InChI=1S/C38H26/c1-2-24-15-20-30-34(21-24)33(27-18-16-26(17-19-27)25-9-4-3-5-10-25)22-36-32-14-8-13-31-28-11-6-7-12-29(28)37(38(31)32)23-35(30)36/h3-23H,2H2,1H3. The first-order chi connectivity index (χ1) is 18.8. The van der Waals surface area contributed by atoms with Gasteiger partial charge in [-0.15, -0.1) is 0 Å². The Kier molecular flexibility index (Phi) is 4.60. The van der Waals surface area contributed by atoms with Crippen LogP contribution >= 0.6 is 0 Å². The molecule has 0 spiro atoms. The smallest absolute Gasteiger partial charge is 0.00199 e. The monoisotopic (exact) mass is 482 g/mol. The maximum absolute atomic E-state index is 2.45. The number of hydrogen-bond donors (Lipinski definition) is 0. The second-order valence-electron chi connectivity index (χ2n) is 10.4. The summed E-state index contributed by atoms with van der Waals surface area (Å²) in [4.78, 5) is 0. The molecule has 0 saturated heterocycles. The summed E-state index contributed by atoms with van der Waals surface area (Å²) in [7, 11) is 0. The molecular formula is C38H26. The molecule has 0 aromatic heterocycles. The average molecular weight is 483 g/mol. The molecule has 0 heteroatoms. The summed E-state index contributed by atoms with van der Waals surface area (Å²) in [5.41, 5.74) is 11.8. The van der Waals surface area contributed by atoms with Crippen LogP contribution in [0.1, 0.15) is 12.5 Å². The Morgan fingerprint density at radius 3 is 1.79 bits per heavy atom. The van der Waals surface area contributed by atoms with Crippen LogP contribution in [-0.2, 0) is 6.42 Å². The lowest BCUT2D eigenvalue weighted by Gasteiger charge is -2.16. The van der Waals surface area contributed by atoms with E-state index in [9.17, 15) is 0 Å². The molecule has 7 aromatic carbocycles. The summed E-state index contributed by atoms with van der Waals surface area (Å²) in [6, 6.07) is 47.3. The van der Waals surface area contributed by atoms with Gasteiger partial charge in [-0.3, -0.25) is 0 Å². The highest BCUT2D eigenvalue weighted by molar-refractivity contribution is 6.28.